The van der Waals surface area contributed by atoms with Crippen molar-refractivity contribution in [1.82, 2.24) is 10.2 Å². The molecule has 1 aliphatic heterocycles. The Morgan fingerprint density at radius 1 is 0.939 bits per heavy atom. The van der Waals surface area contributed by atoms with E-state index in [1.807, 2.05) is 0 Å². The van der Waals surface area contributed by atoms with Crippen LogP contribution in [0, 0.1) is 0 Å². The number of hydrogen-bond acceptors (Lipinski definition) is 5. The summed E-state index contributed by atoms with van der Waals surface area (Å²) in [6.45, 7) is 7.92. The molecular weight excluding hydrogens is 420 g/mol. The van der Waals surface area contributed by atoms with E-state index in [2.05, 4.69) is 12.2 Å². The molecule has 0 saturated carbocycles. The summed E-state index contributed by atoms with van der Waals surface area (Å²) in [6.07, 6.45) is 14.1. The van der Waals surface area contributed by atoms with Gasteiger partial charge in [-0.25, -0.2) is 4.79 Å². The first kappa shape index (κ1) is 29.2. The van der Waals surface area contributed by atoms with Gasteiger partial charge >= 0.3 is 12.1 Å². The highest BCUT2D eigenvalue weighted by Crippen LogP contribution is 2.17. The first-order chi connectivity index (χ1) is 15.6. The molecule has 0 aromatic carbocycles. The van der Waals surface area contributed by atoms with Gasteiger partial charge < -0.3 is 19.7 Å². The van der Waals surface area contributed by atoms with Crippen LogP contribution in [0.25, 0.3) is 0 Å². The number of carbonyl (C=O) groups excluding carboxylic acids is 3. The number of rotatable bonds is 14. The zero-order valence-corrected chi connectivity index (χ0v) is 21.7. The Morgan fingerprint density at radius 3 is 2.03 bits per heavy atom. The Morgan fingerprint density at radius 2 is 1.48 bits per heavy atom. The molecule has 0 unspecified atom stereocenters. The first-order valence-electron chi connectivity index (χ1n) is 13.1. The van der Waals surface area contributed by atoms with Gasteiger partial charge in [0.15, 0.2) is 0 Å². The van der Waals surface area contributed by atoms with Gasteiger partial charge in [-0.05, 0) is 40.0 Å². The highest BCUT2D eigenvalue weighted by Gasteiger charge is 2.32. The second-order valence-electron chi connectivity index (χ2n) is 10.4. The van der Waals surface area contributed by atoms with E-state index in [1.54, 1.807) is 27.8 Å². The predicted molar refractivity (Wildman–Crippen MR) is 131 cm³/mol. The average molecular weight is 469 g/mol. The SMILES string of the molecule is CCCCCCCCCCCCCC(=O)O[C@H]1CC[C@H](NC(=O)OC(C)(C)C)C(=O)N(C)C1. The lowest BCUT2D eigenvalue weighted by Gasteiger charge is -2.24. The second-order valence-corrected chi connectivity index (χ2v) is 10.4. The molecule has 2 amide bonds. The Labute approximate surface area is 201 Å². The molecule has 0 spiro atoms. The number of likely N-dealkylation sites (N-methyl/N-ethyl adjacent to an activating group) is 1. The Hall–Kier alpha value is -1.79. The van der Waals surface area contributed by atoms with Gasteiger partial charge in [-0.2, -0.15) is 0 Å². The van der Waals surface area contributed by atoms with Crippen molar-refractivity contribution in [2.45, 2.75) is 135 Å². The molecule has 0 radical (unpaired) electrons. The van der Waals surface area contributed by atoms with E-state index in [-0.39, 0.29) is 18.0 Å². The normalized spacial score (nSPS) is 19.2. The summed E-state index contributed by atoms with van der Waals surface area (Å²) in [5.74, 6) is -0.389. The van der Waals surface area contributed by atoms with Crippen LogP contribution in [0.1, 0.15) is 118 Å². The van der Waals surface area contributed by atoms with Gasteiger partial charge in [-0.3, -0.25) is 9.59 Å². The summed E-state index contributed by atoms with van der Waals surface area (Å²) in [5, 5.41) is 2.65. The summed E-state index contributed by atoms with van der Waals surface area (Å²) < 4.78 is 10.9. The molecule has 7 heteroatoms. The van der Waals surface area contributed by atoms with Crippen LogP contribution in [0.2, 0.25) is 0 Å². The fourth-order valence-electron chi connectivity index (χ4n) is 4.09. The monoisotopic (exact) mass is 468 g/mol. The molecule has 7 nitrogen and oxygen atoms in total. The van der Waals surface area contributed by atoms with Crippen LogP contribution in [0.5, 0.6) is 0 Å². The smallest absolute Gasteiger partial charge is 0.408 e. The average Bonchev–Trinajstić information content (AvgIpc) is 2.84. The lowest BCUT2D eigenvalue weighted by molar-refractivity contribution is -0.151. The zero-order valence-electron chi connectivity index (χ0n) is 21.7. The van der Waals surface area contributed by atoms with Crippen molar-refractivity contribution in [3.05, 3.63) is 0 Å². The minimum absolute atomic E-state index is 0.190. The maximum absolute atomic E-state index is 12.6. The van der Waals surface area contributed by atoms with Crippen LogP contribution in [-0.2, 0) is 19.1 Å². The standard InChI is InChI=1S/C26H48N2O5/c1-6-7-8-9-10-11-12-13-14-15-16-17-23(29)32-21-18-19-22(24(30)28(5)20-21)27-25(31)33-26(2,3)4/h21-22H,6-20H2,1-5H3,(H,27,31)/t21-,22-/m0/s1. The van der Waals surface area contributed by atoms with E-state index in [1.165, 1.54) is 62.7 Å². The van der Waals surface area contributed by atoms with E-state index in [9.17, 15) is 14.4 Å². The number of amides is 2. The number of nitrogens with one attached hydrogen (secondary N) is 1. The van der Waals surface area contributed by atoms with Crippen LogP contribution >= 0.6 is 0 Å². The van der Waals surface area contributed by atoms with Gasteiger partial charge in [0.1, 0.15) is 17.7 Å². The van der Waals surface area contributed by atoms with Crippen molar-refractivity contribution in [2.24, 2.45) is 0 Å². The van der Waals surface area contributed by atoms with Gasteiger partial charge in [0.25, 0.3) is 0 Å². The van der Waals surface area contributed by atoms with Crippen molar-refractivity contribution < 1.29 is 23.9 Å². The van der Waals surface area contributed by atoms with Crippen molar-refractivity contribution in [2.75, 3.05) is 13.6 Å². The van der Waals surface area contributed by atoms with Crippen LogP contribution in [0.3, 0.4) is 0 Å². The number of esters is 1. The fourth-order valence-corrected chi connectivity index (χ4v) is 4.09. The summed E-state index contributed by atoms with van der Waals surface area (Å²) in [6, 6.07) is -0.666. The molecule has 1 saturated heterocycles. The molecule has 192 valence electrons. The third-order valence-electron chi connectivity index (χ3n) is 5.90. The van der Waals surface area contributed by atoms with Gasteiger partial charge in [0.05, 0.1) is 6.54 Å². The van der Waals surface area contributed by atoms with Gasteiger partial charge in [-0.1, -0.05) is 71.1 Å². The van der Waals surface area contributed by atoms with E-state index in [4.69, 9.17) is 9.47 Å². The summed E-state index contributed by atoms with van der Waals surface area (Å²) in [7, 11) is 1.67. The van der Waals surface area contributed by atoms with E-state index in [0.29, 0.717) is 25.8 Å². The lowest BCUT2D eigenvalue weighted by atomic mass is 10.1. The number of ether oxygens (including phenoxy) is 2. The fraction of sp³-hybridized carbons (Fsp3) is 0.885. The molecule has 0 bridgehead atoms. The largest absolute Gasteiger partial charge is 0.460 e. The maximum atomic E-state index is 12.6. The number of unbranched alkanes of at least 4 members (excludes halogenated alkanes) is 10. The van der Waals surface area contributed by atoms with Crippen molar-refractivity contribution in [1.29, 1.82) is 0 Å². The maximum Gasteiger partial charge on any atom is 0.408 e. The van der Waals surface area contributed by atoms with Crippen molar-refractivity contribution in [3.63, 3.8) is 0 Å². The minimum Gasteiger partial charge on any atom is -0.460 e. The first-order valence-corrected chi connectivity index (χ1v) is 13.1. The van der Waals surface area contributed by atoms with E-state index in [0.717, 1.165) is 12.8 Å². The Bertz CT molecular complexity index is 588. The number of hydrogen-bond donors (Lipinski definition) is 1. The summed E-state index contributed by atoms with van der Waals surface area (Å²) in [5.41, 5.74) is -0.629. The molecule has 33 heavy (non-hydrogen) atoms. The third kappa shape index (κ3) is 14.2. The van der Waals surface area contributed by atoms with Crippen LogP contribution < -0.4 is 5.32 Å². The van der Waals surface area contributed by atoms with Crippen LogP contribution in [0.4, 0.5) is 4.79 Å². The Balaban J connectivity index is 2.22. The van der Waals surface area contributed by atoms with E-state index < -0.39 is 17.7 Å². The quantitative estimate of drug-likeness (QED) is 0.259. The zero-order chi connectivity index (χ0) is 24.7. The molecular formula is C26H48N2O5. The number of nitrogens with zero attached hydrogens (tertiary/aromatic N) is 1. The van der Waals surface area contributed by atoms with Gasteiger partial charge in [-0.15, -0.1) is 0 Å². The molecule has 1 fully saturated rings. The minimum atomic E-state index is -0.666. The van der Waals surface area contributed by atoms with Crippen molar-refractivity contribution >= 4 is 18.0 Å². The van der Waals surface area contributed by atoms with Gasteiger partial charge in [0, 0.05) is 13.5 Å². The second kappa shape index (κ2) is 15.9. The van der Waals surface area contributed by atoms with Crippen LogP contribution in [-0.4, -0.2) is 54.2 Å². The molecule has 2 atom stereocenters. The molecule has 1 rings (SSSR count). The molecule has 1 aliphatic rings. The highest BCUT2D eigenvalue weighted by molar-refractivity contribution is 5.85. The number of alkyl carbamates (subject to hydrolysis) is 1. The highest BCUT2D eigenvalue weighted by atomic mass is 16.6. The van der Waals surface area contributed by atoms with Crippen molar-refractivity contribution in [3.8, 4) is 0 Å². The van der Waals surface area contributed by atoms with Crippen LogP contribution in [0.15, 0.2) is 0 Å². The molecule has 1 heterocycles. The Kier molecular flexibility index (Phi) is 14.1. The molecule has 0 aromatic rings. The van der Waals surface area contributed by atoms with Gasteiger partial charge in [0.2, 0.25) is 5.91 Å². The summed E-state index contributed by atoms with van der Waals surface area (Å²) in [4.78, 5) is 38.4. The predicted octanol–water partition coefficient (Wildman–Crippen LogP) is 5.74. The summed E-state index contributed by atoms with van der Waals surface area (Å²) >= 11 is 0. The number of likely N-dealkylation sites (tertiary alicyclic amines) is 1. The third-order valence-corrected chi connectivity index (χ3v) is 5.90. The lowest BCUT2D eigenvalue weighted by Crippen LogP contribution is -2.47. The molecule has 0 aliphatic carbocycles. The number of carbonyl (C=O) groups is 3. The molecule has 0 aromatic heterocycles. The topological polar surface area (TPSA) is 84.9 Å². The van der Waals surface area contributed by atoms with E-state index >= 15 is 0 Å². The molecule has 1 N–H and O–H groups in total.